The van der Waals surface area contributed by atoms with Crippen LogP contribution in [0.5, 0.6) is 5.75 Å². The number of allylic oxidation sites excluding steroid dienone is 1. The molecule has 24 heavy (non-hydrogen) atoms. The molecule has 1 aliphatic heterocycles. The van der Waals surface area contributed by atoms with Gasteiger partial charge in [-0.3, -0.25) is 0 Å². The van der Waals surface area contributed by atoms with Crippen molar-refractivity contribution < 1.29 is 14.3 Å². The van der Waals surface area contributed by atoms with Crippen molar-refractivity contribution in [2.45, 2.75) is 32.2 Å². The minimum Gasteiger partial charge on any atom is -0.497 e. The minimum absolute atomic E-state index is 0.188. The number of hydrogen-bond acceptors (Lipinski definition) is 3. The zero-order chi connectivity index (χ0) is 16.9. The van der Waals surface area contributed by atoms with Crippen LogP contribution in [0.1, 0.15) is 31.7 Å². The van der Waals surface area contributed by atoms with Crippen molar-refractivity contribution in [3.05, 3.63) is 41.5 Å². The molecule has 2 atom stereocenters. The molecule has 2 aliphatic rings. The fraction of sp³-hybridized carbons (Fsp3) is 0.450. The third kappa shape index (κ3) is 3.41. The summed E-state index contributed by atoms with van der Waals surface area (Å²) in [6.45, 7) is 3.02. The first-order valence-electron chi connectivity index (χ1n) is 8.52. The Morgan fingerprint density at radius 2 is 2.21 bits per heavy atom. The molecule has 0 aromatic heterocycles. The van der Waals surface area contributed by atoms with E-state index in [1.165, 1.54) is 0 Å². The molecule has 1 heterocycles. The van der Waals surface area contributed by atoms with E-state index in [-0.39, 0.29) is 12.1 Å². The Labute approximate surface area is 143 Å². The SMILES string of the molecule is CCOC(=O)N1CCC2C(C#Cc3cccc(OC)c3)=CCCC21. The molecule has 0 radical (unpaired) electrons. The first kappa shape index (κ1) is 16.4. The number of nitrogens with zero attached hydrogens (tertiary/aromatic N) is 1. The number of benzene rings is 1. The Balaban J connectivity index is 1.75. The lowest BCUT2D eigenvalue weighted by Crippen LogP contribution is -2.39. The highest BCUT2D eigenvalue weighted by Gasteiger charge is 2.40. The molecule has 126 valence electrons. The lowest BCUT2D eigenvalue weighted by molar-refractivity contribution is 0.0979. The third-order valence-electron chi connectivity index (χ3n) is 4.70. The largest absolute Gasteiger partial charge is 0.497 e. The van der Waals surface area contributed by atoms with Crippen LogP contribution < -0.4 is 4.74 Å². The predicted molar refractivity (Wildman–Crippen MR) is 92.8 cm³/mol. The van der Waals surface area contributed by atoms with Gasteiger partial charge >= 0.3 is 6.09 Å². The van der Waals surface area contributed by atoms with E-state index >= 15 is 0 Å². The van der Waals surface area contributed by atoms with Crippen molar-refractivity contribution in [2.24, 2.45) is 5.92 Å². The van der Waals surface area contributed by atoms with Crippen molar-refractivity contribution in [3.63, 3.8) is 0 Å². The van der Waals surface area contributed by atoms with Gasteiger partial charge in [-0.05, 0) is 44.4 Å². The van der Waals surface area contributed by atoms with Crippen LogP contribution in [-0.2, 0) is 4.74 Å². The molecule has 1 aromatic rings. The molecule has 3 rings (SSSR count). The van der Waals surface area contributed by atoms with Crippen molar-refractivity contribution in [1.82, 2.24) is 4.90 Å². The van der Waals surface area contributed by atoms with Crippen molar-refractivity contribution in [2.75, 3.05) is 20.3 Å². The number of carbonyl (C=O) groups is 1. The number of hydrogen-bond donors (Lipinski definition) is 0. The van der Waals surface area contributed by atoms with Gasteiger partial charge < -0.3 is 14.4 Å². The monoisotopic (exact) mass is 325 g/mol. The van der Waals surface area contributed by atoms with Gasteiger partial charge in [0.1, 0.15) is 5.75 Å². The van der Waals surface area contributed by atoms with E-state index in [0.717, 1.165) is 42.7 Å². The molecule has 2 unspecified atom stereocenters. The van der Waals surface area contributed by atoms with Crippen LogP contribution in [0.2, 0.25) is 0 Å². The topological polar surface area (TPSA) is 38.8 Å². The number of carbonyl (C=O) groups excluding carboxylic acids is 1. The molecule has 1 amide bonds. The number of likely N-dealkylation sites (tertiary alicyclic amines) is 1. The Morgan fingerprint density at radius 1 is 1.33 bits per heavy atom. The van der Waals surface area contributed by atoms with Gasteiger partial charge in [-0.2, -0.15) is 0 Å². The highest BCUT2D eigenvalue weighted by molar-refractivity contribution is 5.69. The van der Waals surface area contributed by atoms with Crippen LogP contribution in [0, 0.1) is 17.8 Å². The number of amides is 1. The zero-order valence-corrected chi connectivity index (χ0v) is 14.2. The summed E-state index contributed by atoms with van der Waals surface area (Å²) in [5.41, 5.74) is 2.10. The first-order valence-corrected chi connectivity index (χ1v) is 8.52. The first-order chi connectivity index (χ1) is 11.7. The van der Waals surface area contributed by atoms with E-state index in [1.807, 2.05) is 36.1 Å². The summed E-state index contributed by atoms with van der Waals surface area (Å²) in [6.07, 6.45) is 4.95. The third-order valence-corrected chi connectivity index (χ3v) is 4.70. The minimum atomic E-state index is -0.188. The van der Waals surface area contributed by atoms with Gasteiger partial charge in [-0.15, -0.1) is 0 Å². The molecule has 1 saturated heterocycles. The van der Waals surface area contributed by atoms with Gasteiger partial charge in [-0.25, -0.2) is 4.79 Å². The van der Waals surface area contributed by atoms with Crippen LogP contribution in [0.25, 0.3) is 0 Å². The lowest BCUT2D eigenvalue weighted by Gasteiger charge is -2.30. The summed E-state index contributed by atoms with van der Waals surface area (Å²) in [5.74, 6) is 7.71. The van der Waals surface area contributed by atoms with Gasteiger partial charge in [0.05, 0.1) is 13.7 Å². The lowest BCUT2D eigenvalue weighted by atomic mass is 9.84. The van der Waals surface area contributed by atoms with Gasteiger partial charge in [-0.1, -0.05) is 24.0 Å². The van der Waals surface area contributed by atoms with Crippen molar-refractivity contribution in [1.29, 1.82) is 0 Å². The summed E-state index contributed by atoms with van der Waals surface area (Å²) in [5, 5.41) is 0. The Morgan fingerprint density at radius 3 is 3.00 bits per heavy atom. The molecular weight excluding hydrogens is 302 g/mol. The van der Waals surface area contributed by atoms with E-state index < -0.39 is 0 Å². The Bertz CT molecular complexity index is 698. The second-order valence-corrected chi connectivity index (χ2v) is 6.07. The maximum Gasteiger partial charge on any atom is 0.410 e. The van der Waals surface area contributed by atoms with E-state index in [4.69, 9.17) is 9.47 Å². The molecule has 0 spiro atoms. The molecule has 0 saturated carbocycles. The quantitative estimate of drug-likeness (QED) is 0.780. The Hall–Kier alpha value is -2.41. The van der Waals surface area contributed by atoms with Gasteiger partial charge in [0.25, 0.3) is 0 Å². The van der Waals surface area contributed by atoms with Crippen LogP contribution in [-0.4, -0.2) is 37.3 Å². The van der Waals surface area contributed by atoms with Crippen LogP contribution in [0.3, 0.4) is 0 Å². The number of rotatable bonds is 2. The molecule has 4 heteroatoms. The fourth-order valence-corrected chi connectivity index (χ4v) is 3.56. The number of methoxy groups -OCH3 is 1. The van der Waals surface area contributed by atoms with Gasteiger partial charge in [0, 0.05) is 29.6 Å². The average Bonchev–Trinajstić information content (AvgIpc) is 3.05. The van der Waals surface area contributed by atoms with Crippen molar-refractivity contribution in [3.8, 4) is 17.6 Å². The second kappa shape index (κ2) is 7.44. The summed E-state index contributed by atoms with van der Waals surface area (Å²) >= 11 is 0. The van der Waals surface area contributed by atoms with E-state index in [9.17, 15) is 4.79 Å². The molecule has 1 fully saturated rings. The summed E-state index contributed by atoms with van der Waals surface area (Å²) in [7, 11) is 1.66. The van der Waals surface area contributed by atoms with Crippen LogP contribution in [0.15, 0.2) is 35.9 Å². The predicted octanol–water partition coefficient (Wildman–Crippen LogP) is 3.61. The summed E-state index contributed by atoms with van der Waals surface area (Å²) < 4.78 is 10.4. The van der Waals surface area contributed by atoms with E-state index in [1.54, 1.807) is 7.11 Å². The smallest absolute Gasteiger partial charge is 0.410 e. The standard InChI is InChI=1S/C20H23NO3/c1-3-24-20(22)21-13-12-18-16(7-5-9-19(18)21)11-10-15-6-4-8-17(14-15)23-2/h4,6-8,14,18-19H,3,5,9,12-13H2,1-2H3. The molecule has 1 aliphatic carbocycles. The summed E-state index contributed by atoms with van der Waals surface area (Å²) in [6, 6.07) is 8.00. The highest BCUT2D eigenvalue weighted by Crippen LogP contribution is 2.37. The molecule has 4 nitrogen and oxygen atoms in total. The van der Waals surface area contributed by atoms with E-state index in [2.05, 4.69) is 17.9 Å². The van der Waals surface area contributed by atoms with Gasteiger partial charge in [0.2, 0.25) is 0 Å². The fourth-order valence-electron chi connectivity index (χ4n) is 3.56. The van der Waals surface area contributed by atoms with Crippen molar-refractivity contribution >= 4 is 6.09 Å². The van der Waals surface area contributed by atoms with Crippen LogP contribution in [0.4, 0.5) is 4.79 Å². The normalized spacial score (nSPS) is 22.1. The second-order valence-electron chi connectivity index (χ2n) is 6.07. The maximum absolute atomic E-state index is 12.1. The average molecular weight is 325 g/mol. The molecule has 1 aromatic carbocycles. The van der Waals surface area contributed by atoms with Gasteiger partial charge in [0.15, 0.2) is 0 Å². The van der Waals surface area contributed by atoms with Crippen LogP contribution >= 0.6 is 0 Å². The number of ether oxygens (including phenoxy) is 2. The zero-order valence-electron chi connectivity index (χ0n) is 14.2. The molecule has 0 N–H and O–H groups in total. The molecule has 0 bridgehead atoms. The summed E-state index contributed by atoms with van der Waals surface area (Å²) in [4.78, 5) is 14.0. The highest BCUT2D eigenvalue weighted by atomic mass is 16.6. The number of fused-ring (bicyclic) bond motifs is 1. The molecular formula is C20H23NO3. The maximum atomic E-state index is 12.1. The van der Waals surface area contributed by atoms with E-state index in [0.29, 0.717) is 12.5 Å². The Kier molecular flexibility index (Phi) is 5.10.